The Labute approximate surface area is 399 Å². The maximum atomic E-state index is 6.64. The van der Waals surface area contributed by atoms with E-state index in [9.17, 15) is 0 Å². The average molecular weight is 882 g/mol. The van der Waals surface area contributed by atoms with E-state index < -0.39 is 5.54 Å². The molecule has 11 aromatic carbocycles. The van der Waals surface area contributed by atoms with Gasteiger partial charge >= 0.3 is 0 Å². The highest BCUT2D eigenvalue weighted by molar-refractivity contribution is 6.11. The second-order valence-electron chi connectivity index (χ2n) is 18.1. The summed E-state index contributed by atoms with van der Waals surface area (Å²) in [5, 5.41) is 7.04. The number of anilines is 5. The van der Waals surface area contributed by atoms with Crippen LogP contribution in [0.25, 0.3) is 71.3 Å². The molecule has 324 valence electrons. The number of nitrogens with zero attached hydrogens (tertiary/aromatic N) is 3. The normalized spacial score (nSPS) is 14.1. The number of fused-ring (bicyclic) bond motifs is 10. The highest BCUT2D eigenvalue weighted by Gasteiger charge is 2.50. The zero-order valence-electron chi connectivity index (χ0n) is 37.6. The Morgan fingerprint density at radius 3 is 1.70 bits per heavy atom. The molecule has 0 fully saturated rings. The van der Waals surface area contributed by atoms with E-state index >= 15 is 0 Å². The summed E-state index contributed by atoms with van der Waals surface area (Å²) >= 11 is 0. The van der Waals surface area contributed by atoms with Crippen molar-refractivity contribution in [2.75, 3.05) is 9.80 Å². The van der Waals surface area contributed by atoms with E-state index in [1.54, 1.807) is 0 Å². The number of hydrogen-bond acceptors (Lipinski definition) is 3. The van der Waals surface area contributed by atoms with Crippen LogP contribution in [-0.2, 0) is 5.54 Å². The Bertz CT molecular complexity index is 4060. The number of benzene rings is 11. The van der Waals surface area contributed by atoms with Crippen LogP contribution in [0.15, 0.2) is 265 Å². The fourth-order valence-electron chi connectivity index (χ4n) is 11.4. The minimum Gasteiger partial charge on any atom is -0.456 e. The van der Waals surface area contributed by atoms with Gasteiger partial charge in [0.2, 0.25) is 0 Å². The molecule has 13 aromatic rings. The molecule has 69 heavy (non-hydrogen) atoms. The van der Waals surface area contributed by atoms with Crippen LogP contribution in [0.3, 0.4) is 0 Å². The summed E-state index contributed by atoms with van der Waals surface area (Å²) in [4.78, 5) is 4.97. The molecule has 4 nitrogen and oxygen atoms in total. The molecular formula is C65H43N3O. The number of rotatable bonds is 8. The van der Waals surface area contributed by atoms with Crippen molar-refractivity contribution in [3.05, 3.63) is 278 Å². The molecule has 1 atom stereocenters. The van der Waals surface area contributed by atoms with Gasteiger partial charge in [0.05, 0.1) is 11.0 Å². The van der Waals surface area contributed by atoms with Crippen molar-refractivity contribution in [3.63, 3.8) is 0 Å². The van der Waals surface area contributed by atoms with E-state index in [2.05, 4.69) is 269 Å². The molecule has 0 aliphatic heterocycles. The fraction of sp³-hybridized carbons (Fsp3) is 0.0154. The third kappa shape index (κ3) is 5.95. The highest BCUT2D eigenvalue weighted by atomic mass is 16.3. The van der Waals surface area contributed by atoms with E-state index in [1.165, 1.54) is 54.9 Å². The van der Waals surface area contributed by atoms with Gasteiger partial charge in [-0.3, -0.25) is 0 Å². The Hall–Kier alpha value is -9.12. The van der Waals surface area contributed by atoms with Gasteiger partial charge in [0.15, 0.2) is 0 Å². The molecule has 1 aliphatic rings. The molecule has 0 saturated carbocycles. The first-order valence-corrected chi connectivity index (χ1v) is 23.7. The van der Waals surface area contributed by atoms with Crippen molar-refractivity contribution in [1.29, 1.82) is 0 Å². The van der Waals surface area contributed by atoms with Crippen LogP contribution in [0.2, 0.25) is 0 Å². The smallest absolute Gasteiger partial charge is 0.137 e. The van der Waals surface area contributed by atoms with Crippen LogP contribution >= 0.6 is 0 Å². The lowest BCUT2D eigenvalue weighted by atomic mass is 9.78. The summed E-state index contributed by atoms with van der Waals surface area (Å²) in [6.45, 7) is 0. The largest absolute Gasteiger partial charge is 0.456 e. The summed E-state index contributed by atoms with van der Waals surface area (Å²) in [5.74, 6) is 0. The van der Waals surface area contributed by atoms with Crippen molar-refractivity contribution in [2.45, 2.75) is 5.54 Å². The molecule has 0 radical (unpaired) electrons. The van der Waals surface area contributed by atoms with Crippen molar-refractivity contribution >= 4 is 83.0 Å². The second-order valence-corrected chi connectivity index (χ2v) is 18.1. The maximum Gasteiger partial charge on any atom is 0.137 e. The molecular weight excluding hydrogens is 839 g/mol. The predicted molar refractivity (Wildman–Crippen MR) is 287 cm³/mol. The molecule has 0 spiro atoms. The van der Waals surface area contributed by atoms with Gasteiger partial charge in [-0.05, 0) is 124 Å². The molecule has 0 N–H and O–H groups in total. The molecule has 1 unspecified atom stereocenters. The van der Waals surface area contributed by atoms with Crippen LogP contribution in [-0.4, -0.2) is 4.57 Å². The van der Waals surface area contributed by atoms with E-state index in [4.69, 9.17) is 4.42 Å². The lowest BCUT2D eigenvalue weighted by molar-refractivity contribution is 0.644. The molecule has 0 bridgehead atoms. The van der Waals surface area contributed by atoms with Crippen LogP contribution in [0, 0.1) is 0 Å². The second kappa shape index (κ2) is 15.5. The van der Waals surface area contributed by atoms with E-state index in [0.717, 1.165) is 61.6 Å². The Kier molecular flexibility index (Phi) is 8.77. The molecule has 14 rings (SSSR count). The third-order valence-electron chi connectivity index (χ3n) is 14.3. The monoisotopic (exact) mass is 881 g/mol. The summed E-state index contributed by atoms with van der Waals surface area (Å²) in [6.07, 6.45) is 0. The van der Waals surface area contributed by atoms with E-state index in [1.807, 2.05) is 6.07 Å². The molecule has 4 heteroatoms. The molecule has 0 saturated heterocycles. The average Bonchev–Trinajstić information content (AvgIpc) is 4.05. The quantitative estimate of drug-likeness (QED) is 0.152. The van der Waals surface area contributed by atoms with Crippen molar-refractivity contribution < 1.29 is 4.42 Å². The Morgan fingerprint density at radius 1 is 0.333 bits per heavy atom. The van der Waals surface area contributed by atoms with Gasteiger partial charge in [0, 0.05) is 61.7 Å². The number of hydrogen-bond donors (Lipinski definition) is 0. The standard InChI is InChI=1S/C65H43N3O/c1-4-20-46(21-5-1)65(68(47-22-6-2-7-23-47)48-24-8-3-9-25-48)59-29-15-12-26-53(59)54-37-34-50(41-60(54)65)66(52-36-39-58-57-28-14-17-31-63(57)69-64(58)43-52)51-35-38-56-55-27-13-16-30-61(55)67(62(56)42-51)49-33-32-44-18-10-11-19-45(44)40-49/h1-43H. The number of aromatic nitrogens is 1. The molecule has 1 aliphatic carbocycles. The maximum absolute atomic E-state index is 6.64. The topological polar surface area (TPSA) is 24.6 Å². The van der Waals surface area contributed by atoms with E-state index in [0.29, 0.717) is 0 Å². The highest BCUT2D eigenvalue weighted by Crippen LogP contribution is 2.59. The van der Waals surface area contributed by atoms with Gasteiger partial charge < -0.3 is 18.8 Å². The Morgan fingerprint density at radius 2 is 0.899 bits per heavy atom. The SMILES string of the molecule is c1ccc(N(c2ccccc2)C2(c3ccccc3)c3ccccc3-c3ccc(N(c4ccc5c(c4)oc4ccccc45)c4ccc5c6ccccc6n(-c6ccc7ccccc7c6)c5c4)cc32)cc1. The predicted octanol–water partition coefficient (Wildman–Crippen LogP) is 17.4. The van der Waals surface area contributed by atoms with Gasteiger partial charge in [0.25, 0.3) is 0 Å². The number of para-hydroxylation sites is 4. The van der Waals surface area contributed by atoms with Gasteiger partial charge in [0.1, 0.15) is 16.7 Å². The third-order valence-corrected chi connectivity index (χ3v) is 14.3. The molecule has 0 amide bonds. The zero-order valence-corrected chi connectivity index (χ0v) is 37.6. The van der Waals surface area contributed by atoms with Crippen LogP contribution < -0.4 is 9.80 Å². The van der Waals surface area contributed by atoms with Crippen molar-refractivity contribution in [2.24, 2.45) is 0 Å². The first-order chi connectivity index (χ1) is 34.2. The Balaban J connectivity index is 1.06. The zero-order chi connectivity index (χ0) is 45.5. The van der Waals surface area contributed by atoms with Gasteiger partial charge in [-0.1, -0.05) is 170 Å². The van der Waals surface area contributed by atoms with Crippen LogP contribution in [0.4, 0.5) is 28.4 Å². The van der Waals surface area contributed by atoms with Crippen molar-refractivity contribution in [3.8, 4) is 16.8 Å². The first kappa shape index (κ1) is 39.1. The van der Waals surface area contributed by atoms with Gasteiger partial charge in [-0.25, -0.2) is 0 Å². The van der Waals surface area contributed by atoms with E-state index in [-0.39, 0.29) is 0 Å². The summed E-state index contributed by atoms with van der Waals surface area (Å²) in [6, 6.07) is 95.0. The summed E-state index contributed by atoms with van der Waals surface area (Å²) in [5.41, 5.74) is 15.7. The summed E-state index contributed by atoms with van der Waals surface area (Å²) < 4.78 is 9.07. The molecule has 2 heterocycles. The fourth-order valence-corrected chi connectivity index (χ4v) is 11.4. The number of furan rings is 1. The minimum absolute atomic E-state index is 0.771. The lowest BCUT2D eigenvalue weighted by Crippen LogP contribution is -2.44. The lowest BCUT2D eigenvalue weighted by Gasteiger charge is -2.45. The van der Waals surface area contributed by atoms with Gasteiger partial charge in [-0.15, -0.1) is 0 Å². The molecule has 2 aromatic heterocycles. The summed E-state index contributed by atoms with van der Waals surface area (Å²) in [7, 11) is 0. The van der Waals surface area contributed by atoms with Crippen LogP contribution in [0.5, 0.6) is 0 Å². The van der Waals surface area contributed by atoms with Crippen molar-refractivity contribution in [1.82, 2.24) is 4.57 Å². The van der Waals surface area contributed by atoms with Gasteiger partial charge in [-0.2, -0.15) is 0 Å². The van der Waals surface area contributed by atoms with Crippen LogP contribution in [0.1, 0.15) is 16.7 Å². The first-order valence-electron chi connectivity index (χ1n) is 23.7. The minimum atomic E-state index is -0.771.